The highest BCUT2D eigenvalue weighted by atomic mass is 16.4. The summed E-state index contributed by atoms with van der Waals surface area (Å²) in [4.78, 5) is 39.3. The Hall–Kier alpha value is -2.57. The smallest absolute Gasteiger partial charge is 0.335 e. The van der Waals surface area contributed by atoms with Gasteiger partial charge < -0.3 is 20.2 Å². The summed E-state index contributed by atoms with van der Waals surface area (Å²) in [6, 6.07) is 6.31. The van der Waals surface area contributed by atoms with Gasteiger partial charge in [-0.05, 0) is 36.5 Å². The fourth-order valence-electron chi connectivity index (χ4n) is 3.98. The van der Waals surface area contributed by atoms with Crippen molar-refractivity contribution in [3.63, 3.8) is 0 Å². The molecule has 2 N–H and O–H groups in total. The van der Waals surface area contributed by atoms with Crippen LogP contribution in [0.1, 0.15) is 54.4 Å². The maximum Gasteiger partial charge on any atom is 0.335 e. The van der Waals surface area contributed by atoms with Gasteiger partial charge in [0.15, 0.2) is 0 Å². The molecule has 0 radical (unpaired) electrons. The summed E-state index contributed by atoms with van der Waals surface area (Å²) in [5.41, 5.74) is 1.07. The highest BCUT2D eigenvalue weighted by Crippen LogP contribution is 2.27. The predicted molar refractivity (Wildman–Crippen MR) is 105 cm³/mol. The number of aromatic carboxylic acids is 1. The summed E-state index contributed by atoms with van der Waals surface area (Å²) in [6.07, 6.45) is 6.76. The molecule has 0 spiro atoms. The molecule has 1 heterocycles. The van der Waals surface area contributed by atoms with Crippen molar-refractivity contribution in [3.8, 4) is 0 Å². The third-order valence-electron chi connectivity index (χ3n) is 5.75. The van der Waals surface area contributed by atoms with Gasteiger partial charge in [-0.1, -0.05) is 31.4 Å². The number of urea groups is 1. The topological polar surface area (TPSA) is 89.9 Å². The molecular weight excluding hydrogens is 358 g/mol. The third kappa shape index (κ3) is 5.47. The van der Waals surface area contributed by atoms with Crippen molar-refractivity contribution < 1.29 is 19.5 Å². The van der Waals surface area contributed by atoms with Crippen LogP contribution < -0.4 is 5.32 Å². The molecule has 1 aliphatic carbocycles. The number of amides is 3. The van der Waals surface area contributed by atoms with Gasteiger partial charge >= 0.3 is 12.0 Å². The summed E-state index contributed by atoms with van der Waals surface area (Å²) in [5.74, 6) is -0.202. The Bertz CT molecular complexity index is 690. The van der Waals surface area contributed by atoms with Crippen LogP contribution in [0.25, 0.3) is 0 Å². The maximum atomic E-state index is 12.5. The minimum absolute atomic E-state index is 0.151. The van der Waals surface area contributed by atoms with E-state index in [-0.39, 0.29) is 17.5 Å². The Morgan fingerprint density at radius 2 is 1.54 bits per heavy atom. The lowest BCUT2D eigenvalue weighted by molar-refractivity contribution is -0.133. The van der Waals surface area contributed by atoms with Crippen LogP contribution in [0.15, 0.2) is 24.3 Å². The van der Waals surface area contributed by atoms with Crippen molar-refractivity contribution in [1.82, 2.24) is 15.1 Å². The molecule has 1 saturated heterocycles. The number of hydrogen-bond acceptors (Lipinski definition) is 3. The first-order valence-electron chi connectivity index (χ1n) is 10.2. The Kier molecular flexibility index (Phi) is 6.90. The number of carboxylic acids is 1. The van der Waals surface area contributed by atoms with Crippen molar-refractivity contribution in [2.75, 3.05) is 26.2 Å². The quantitative estimate of drug-likeness (QED) is 0.813. The van der Waals surface area contributed by atoms with E-state index >= 15 is 0 Å². The number of benzene rings is 1. The summed E-state index contributed by atoms with van der Waals surface area (Å²) in [6.45, 7) is 2.61. The molecule has 2 aliphatic rings. The van der Waals surface area contributed by atoms with Gasteiger partial charge in [-0.2, -0.15) is 0 Å². The minimum atomic E-state index is -0.966. The number of carboxylic acid groups (broad SMARTS) is 1. The van der Waals surface area contributed by atoms with E-state index in [2.05, 4.69) is 5.32 Å². The zero-order valence-corrected chi connectivity index (χ0v) is 16.2. The van der Waals surface area contributed by atoms with Gasteiger partial charge in [-0.25, -0.2) is 9.59 Å². The second-order valence-corrected chi connectivity index (χ2v) is 7.74. The molecule has 152 valence electrons. The standard InChI is InChI=1S/C21H29N3O4/c25-19(14-16-4-2-1-3-5-16)23-10-12-24(13-11-23)21(28)22-15-17-6-8-18(9-7-17)20(26)27/h6-9,16H,1-5,10-15H2,(H,22,28)(H,26,27). The van der Waals surface area contributed by atoms with Crippen molar-refractivity contribution >= 4 is 17.9 Å². The van der Waals surface area contributed by atoms with Gasteiger partial charge in [0.25, 0.3) is 0 Å². The van der Waals surface area contributed by atoms with E-state index in [0.29, 0.717) is 45.1 Å². The van der Waals surface area contributed by atoms with Crippen molar-refractivity contribution in [1.29, 1.82) is 0 Å². The van der Waals surface area contributed by atoms with E-state index < -0.39 is 5.97 Å². The average molecular weight is 387 g/mol. The maximum absolute atomic E-state index is 12.5. The van der Waals surface area contributed by atoms with Gasteiger partial charge in [-0.15, -0.1) is 0 Å². The molecule has 0 aromatic heterocycles. The summed E-state index contributed by atoms with van der Waals surface area (Å²) >= 11 is 0. The number of hydrogen-bond donors (Lipinski definition) is 2. The first kappa shape index (κ1) is 20.2. The highest BCUT2D eigenvalue weighted by molar-refractivity contribution is 5.87. The molecule has 28 heavy (non-hydrogen) atoms. The number of carbonyl (C=O) groups excluding carboxylic acids is 2. The third-order valence-corrected chi connectivity index (χ3v) is 5.75. The SMILES string of the molecule is O=C(O)c1ccc(CNC(=O)N2CCN(C(=O)CC3CCCCC3)CC2)cc1. The number of nitrogens with one attached hydrogen (secondary N) is 1. The summed E-state index contributed by atoms with van der Waals surface area (Å²) in [5, 5.41) is 11.8. The molecule has 1 saturated carbocycles. The molecule has 1 aromatic carbocycles. The lowest BCUT2D eigenvalue weighted by Crippen LogP contribution is -2.53. The Balaban J connectivity index is 1.39. The predicted octanol–water partition coefficient (Wildman–Crippen LogP) is 2.71. The summed E-state index contributed by atoms with van der Waals surface area (Å²) in [7, 11) is 0. The van der Waals surface area contributed by atoms with Crippen LogP contribution in [-0.2, 0) is 11.3 Å². The molecular formula is C21H29N3O4. The molecule has 3 amide bonds. The van der Waals surface area contributed by atoms with Crippen LogP contribution in [0.5, 0.6) is 0 Å². The lowest BCUT2D eigenvalue weighted by Gasteiger charge is -2.35. The fourth-order valence-corrected chi connectivity index (χ4v) is 3.98. The van der Waals surface area contributed by atoms with E-state index in [0.717, 1.165) is 5.56 Å². The number of nitrogens with zero attached hydrogens (tertiary/aromatic N) is 2. The van der Waals surface area contributed by atoms with Gasteiger partial charge in [0.05, 0.1) is 5.56 Å². The van der Waals surface area contributed by atoms with Crippen molar-refractivity contribution in [3.05, 3.63) is 35.4 Å². The normalized spacial score (nSPS) is 18.0. The Morgan fingerprint density at radius 1 is 0.929 bits per heavy atom. The van der Waals surface area contributed by atoms with Gasteiger partial charge in [0.2, 0.25) is 5.91 Å². The lowest BCUT2D eigenvalue weighted by atomic mass is 9.86. The molecule has 0 atom stereocenters. The van der Waals surface area contributed by atoms with Gasteiger partial charge in [0, 0.05) is 39.1 Å². The molecule has 7 nitrogen and oxygen atoms in total. The van der Waals surface area contributed by atoms with Crippen LogP contribution in [0.4, 0.5) is 4.79 Å². The van der Waals surface area contributed by atoms with Gasteiger partial charge in [0.1, 0.15) is 0 Å². The summed E-state index contributed by atoms with van der Waals surface area (Å²) < 4.78 is 0. The van der Waals surface area contributed by atoms with E-state index in [1.165, 1.54) is 44.2 Å². The zero-order chi connectivity index (χ0) is 19.9. The van der Waals surface area contributed by atoms with Gasteiger partial charge in [-0.3, -0.25) is 4.79 Å². The van der Waals surface area contributed by atoms with Crippen molar-refractivity contribution in [2.45, 2.75) is 45.1 Å². The number of carbonyl (C=O) groups is 3. The van der Waals surface area contributed by atoms with Crippen molar-refractivity contribution in [2.24, 2.45) is 5.92 Å². The number of rotatable bonds is 5. The highest BCUT2D eigenvalue weighted by Gasteiger charge is 2.26. The molecule has 1 aromatic rings. The average Bonchev–Trinajstić information content (AvgIpc) is 2.73. The fraction of sp³-hybridized carbons (Fsp3) is 0.571. The first-order chi connectivity index (χ1) is 13.5. The zero-order valence-electron chi connectivity index (χ0n) is 16.2. The van der Waals surface area contributed by atoms with E-state index in [9.17, 15) is 14.4 Å². The minimum Gasteiger partial charge on any atom is -0.478 e. The molecule has 2 fully saturated rings. The monoisotopic (exact) mass is 387 g/mol. The van der Waals surface area contributed by atoms with Crippen LogP contribution >= 0.6 is 0 Å². The molecule has 0 bridgehead atoms. The molecule has 3 rings (SSSR count). The molecule has 1 aliphatic heterocycles. The second kappa shape index (κ2) is 9.57. The first-order valence-corrected chi connectivity index (χ1v) is 10.2. The molecule has 7 heteroatoms. The number of piperazine rings is 1. The largest absolute Gasteiger partial charge is 0.478 e. The Morgan fingerprint density at radius 3 is 2.14 bits per heavy atom. The van der Waals surface area contributed by atoms with Crippen LogP contribution in [0.2, 0.25) is 0 Å². The van der Waals surface area contributed by atoms with E-state index in [4.69, 9.17) is 5.11 Å². The van der Waals surface area contributed by atoms with Crippen LogP contribution in [-0.4, -0.2) is 59.0 Å². The second-order valence-electron chi connectivity index (χ2n) is 7.74. The van der Waals surface area contributed by atoms with E-state index in [1.807, 2.05) is 4.90 Å². The van der Waals surface area contributed by atoms with E-state index in [1.54, 1.807) is 17.0 Å². The van der Waals surface area contributed by atoms with Crippen LogP contribution in [0, 0.1) is 5.92 Å². The van der Waals surface area contributed by atoms with Crippen LogP contribution in [0.3, 0.4) is 0 Å². The molecule has 0 unspecified atom stereocenters. The Labute approximate surface area is 165 Å².